The van der Waals surface area contributed by atoms with Crippen molar-refractivity contribution < 1.29 is 32.2 Å². The number of ether oxygens (including phenoxy) is 1. The van der Waals surface area contributed by atoms with E-state index >= 15 is 0 Å². The fourth-order valence-electron chi connectivity index (χ4n) is 3.52. The normalized spacial score (nSPS) is 13.4. The van der Waals surface area contributed by atoms with Gasteiger partial charge in [-0.25, -0.2) is 9.18 Å². The number of nitrogens with zero attached hydrogens (tertiary/aromatic N) is 1. The van der Waals surface area contributed by atoms with Crippen molar-refractivity contribution in [1.82, 2.24) is 4.57 Å². The van der Waals surface area contributed by atoms with E-state index in [0.29, 0.717) is 0 Å². The molecule has 174 valence electrons. The highest BCUT2D eigenvalue weighted by Gasteiger charge is 2.45. The predicted octanol–water partition coefficient (Wildman–Crippen LogP) is 6.12. The number of aromatic carboxylic acids is 1. The Bertz CT molecular complexity index is 1260. The summed E-state index contributed by atoms with van der Waals surface area (Å²) < 4.78 is 62.5. The third-order valence-corrected chi connectivity index (χ3v) is 5.52. The van der Waals surface area contributed by atoms with E-state index in [1.165, 1.54) is 32.2 Å². The maximum atomic E-state index is 14.1. The molecule has 0 saturated carbocycles. The molecule has 33 heavy (non-hydrogen) atoms. The lowest BCUT2D eigenvalue weighted by Gasteiger charge is -2.28. The van der Waals surface area contributed by atoms with Gasteiger partial charge in [-0.3, -0.25) is 4.79 Å². The molecule has 3 aromatic rings. The first kappa shape index (κ1) is 24.3. The van der Waals surface area contributed by atoms with Crippen molar-refractivity contribution in [3.05, 3.63) is 92.6 Å². The van der Waals surface area contributed by atoms with Crippen molar-refractivity contribution in [1.29, 1.82) is 0 Å². The average molecular weight is 484 g/mol. The van der Waals surface area contributed by atoms with Crippen LogP contribution in [-0.4, -0.2) is 21.8 Å². The lowest BCUT2D eigenvalue weighted by atomic mass is 9.82. The van der Waals surface area contributed by atoms with Gasteiger partial charge in [0.05, 0.1) is 11.5 Å². The molecule has 2 aromatic carbocycles. The van der Waals surface area contributed by atoms with Gasteiger partial charge < -0.3 is 14.4 Å². The van der Waals surface area contributed by atoms with Crippen molar-refractivity contribution in [3.8, 4) is 11.5 Å². The lowest BCUT2D eigenvalue weighted by molar-refractivity contribution is -0.154. The molecule has 2 atom stereocenters. The van der Waals surface area contributed by atoms with Crippen LogP contribution >= 0.6 is 11.6 Å². The Labute approximate surface area is 190 Å². The number of carbonyl (C=O) groups is 1. The van der Waals surface area contributed by atoms with Crippen LogP contribution in [0.3, 0.4) is 0 Å². The zero-order valence-electron chi connectivity index (χ0n) is 17.4. The maximum Gasteiger partial charge on any atom is 0.396 e. The highest BCUT2D eigenvalue weighted by atomic mass is 35.5. The van der Waals surface area contributed by atoms with Crippen molar-refractivity contribution in [2.75, 3.05) is 0 Å². The number of hydrogen-bond acceptors (Lipinski definition) is 3. The first-order valence-electron chi connectivity index (χ1n) is 9.62. The molecule has 3 rings (SSSR count). The Morgan fingerprint density at radius 3 is 2.36 bits per heavy atom. The number of halogens is 5. The number of carboxylic acids is 1. The van der Waals surface area contributed by atoms with Crippen LogP contribution in [0.15, 0.2) is 59.5 Å². The third kappa shape index (κ3) is 5.36. The number of alkyl halides is 3. The largest absolute Gasteiger partial charge is 0.478 e. The molecular weight excluding hydrogens is 466 g/mol. The molecule has 1 N–H and O–H groups in total. The fourth-order valence-corrected chi connectivity index (χ4v) is 3.87. The molecule has 0 saturated heterocycles. The predicted molar refractivity (Wildman–Crippen MR) is 114 cm³/mol. The summed E-state index contributed by atoms with van der Waals surface area (Å²) in [4.78, 5) is 22.5. The summed E-state index contributed by atoms with van der Waals surface area (Å²) in [7, 11) is 1.37. The van der Waals surface area contributed by atoms with Crippen LogP contribution in [0, 0.1) is 5.82 Å². The number of pyridine rings is 1. The molecule has 1 unspecified atom stereocenters. The van der Waals surface area contributed by atoms with E-state index in [-0.39, 0.29) is 33.2 Å². The smallest absolute Gasteiger partial charge is 0.396 e. The van der Waals surface area contributed by atoms with E-state index in [0.717, 1.165) is 41.1 Å². The molecular formula is C23H18ClF4NO4. The molecule has 5 nitrogen and oxygen atoms in total. The monoisotopic (exact) mass is 483 g/mol. The van der Waals surface area contributed by atoms with Gasteiger partial charge in [-0.1, -0.05) is 30.7 Å². The van der Waals surface area contributed by atoms with Gasteiger partial charge in [0.25, 0.3) is 0 Å². The Balaban J connectivity index is 1.92. The molecule has 1 aromatic heterocycles. The third-order valence-electron chi connectivity index (χ3n) is 5.19. The van der Waals surface area contributed by atoms with Crippen LogP contribution in [0.5, 0.6) is 11.5 Å². The summed E-state index contributed by atoms with van der Waals surface area (Å²) in [5.41, 5.74) is -0.606. The summed E-state index contributed by atoms with van der Waals surface area (Å²) in [6.45, 7) is 1.37. The van der Waals surface area contributed by atoms with Crippen molar-refractivity contribution in [2.24, 2.45) is 7.05 Å². The molecule has 0 radical (unpaired) electrons. The van der Waals surface area contributed by atoms with Gasteiger partial charge in [0.2, 0.25) is 5.56 Å². The highest BCUT2D eigenvalue weighted by Crippen LogP contribution is 2.46. The molecule has 0 amide bonds. The first-order valence-corrected chi connectivity index (χ1v) is 9.99. The Morgan fingerprint density at radius 1 is 1.12 bits per heavy atom. The van der Waals surface area contributed by atoms with E-state index in [1.807, 2.05) is 0 Å². The van der Waals surface area contributed by atoms with E-state index < -0.39 is 35.4 Å². The summed E-state index contributed by atoms with van der Waals surface area (Å²) in [6.07, 6.45) is -3.48. The number of carboxylic acid groups (broad SMARTS) is 1. The number of rotatable bonds is 6. The van der Waals surface area contributed by atoms with Crippen molar-refractivity contribution in [2.45, 2.75) is 24.9 Å². The van der Waals surface area contributed by atoms with Crippen LogP contribution in [0.4, 0.5) is 17.6 Å². The van der Waals surface area contributed by atoms with Gasteiger partial charge in [0.1, 0.15) is 5.75 Å². The van der Waals surface area contributed by atoms with E-state index in [2.05, 4.69) is 0 Å². The first-order chi connectivity index (χ1) is 15.4. The molecule has 0 fully saturated rings. The Kier molecular flexibility index (Phi) is 6.83. The fraction of sp³-hybridized carbons (Fsp3) is 0.217. The molecule has 0 bridgehead atoms. The molecule has 10 heteroatoms. The lowest BCUT2D eigenvalue weighted by Crippen LogP contribution is -2.28. The molecule has 1 heterocycles. The van der Waals surface area contributed by atoms with Gasteiger partial charge in [-0.15, -0.1) is 0 Å². The van der Waals surface area contributed by atoms with Gasteiger partial charge in [-0.2, -0.15) is 13.2 Å². The van der Waals surface area contributed by atoms with Crippen LogP contribution in [-0.2, 0) is 7.05 Å². The van der Waals surface area contributed by atoms with Crippen LogP contribution in [0.25, 0.3) is 0 Å². The summed E-state index contributed by atoms with van der Waals surface area (Å²) in [5.74, 6) is -5.49. The van der Waals surface area contributed by atoms with Gasteiger partial charge in [0.15, 0.2) is 11.6 Å². The summed E-state index contributed by atoms with van der Waals surface area (Å²) in [5, 5.41) is 8.87. The zero-order valence-corrected chi connectivity index (χ0v) is 18.1. The van der Waals surface area contributed by atoms with Crippen molar-refractivity contribution in [3.63, 3.8) is 0 Å². The van der Waals surface area contributed by atoms with Gasteiger partial charge >= 0.3 is 12.1 Å². The minimum atomic E-state index is -4.62. The number of aromatic nitrogens is 1. The quantitative estimate of drug-likeness (QED) is 0.429. The van der Waals surface area contributed by atoms with Gasteiger partial charge in [0, 0.05) is 24.3 Å². The van der Waals surface area contributed by atoms with Crippen LogP contribution in [0.1, 0.15) is 40.2 Å². The molecule has 0 aliphatic rings. The zero-order chi connectivity index (χ0) is 24.5. The SMILES string of the molecule is CC(c1ccc(Oc2ccc(C(=O)O)cc2F)cc1Cl)[C@@H](c1ccc(=O)n(C)c1)C(F)(F)F. The molecule has 0 aliphatic carbocycles. The van der Waals surface area contributed by atoms with Crippen LogP contribution in [0.2, 0.25) is 5.02 Å². The number of aryl methyl sites for hydroxylation is 1. The Hall–Kier alpha value is -3.33. The topological polar surface area (TPSA) is 68.5 Å². The second kappa shape index (κ2) is 9.27. The van der Waals surface area contributed by atoms with E-state index in [9.17, 15) is 27.2 Å². The second-order valence-electron chi connectivity index (χ2n) is 7.46. The average Bonchev–Trinajstić information content (AvgIpc) is 2.71. The number of hydrogen-bond donors (Lipinski definition) is 1. The summed E-state index contributed by atoms with van der Waals surface area (Å²) >= 11 is 6.26. The highest BCUT2D eigenvalue weighted by molar-refractivity contribution is 6.31. The molecule has 0 aliphatic heterocycles. The second-order valence-corrected chi connectivity index (χ2v) is 7.86. The van der Waals surface area contributed by atoms with E-state index in [4.69, 9.17) is 21.4 Å². The minimum Gasteiger partial charge on any atom is -0.478 e. The Morgan fingerprint density at radius 2 is 1.82 bits per heavy atom. The van der Waals surface area contributed by atoms with Gasteiger partial charge in [-0.05, 0) is 47.4 Å². The number of benzene rings is 2. The minimum absolute atomic E-state index is 0.0263. The van der Waals surface area contributed by atoms with Crippen LogP contribution < -0.4 is 10.3 Å². The maximum absolute atomic E-state index is 14.1. The van der Waals surface area contributed by atoms with Crippen molar-refractivity contribution >= 4 is 17.6 Å². The molecule has 0 spiro atoms. The standard InChI is InChI=1S/C23H18ClF4NO4/c1-12(21(23(26,27)28)14-4-8-20(30)29(2)11-14)16-6-5-15(10-17(16)24)33-19-7-3-13(22(31)32)9-18(19)25/h3-12,21H,1-2H3,(H,31,32)/t12?,21-/m0/s1. The van der Waals surface area contributed by atoms with E-state index in [1.54, 1.807) is 0 Å². The summed E-state index contributed by atoms with van der Waals surface area (Å²) in [6, 6.07) is 9.24.